The lowest BCUT2D eigenvalue weighted by atomic mass is 10.2. The number of hydrogen-bond donors (Lipinski definition) is 1. The van der Waals surface area contributed by atoms with E-state index < -0.39 is 0 Å². The summed E-state index contributed by atoms with van der Waals surface area (Å²) in [4.78, 5) is 19.3. The molecule has 2 heterocycles. The van der Waals surface area contributed by atoms with Gasteiger partial charge >= 0.3 is 0 Å². The molecule has 0 bridgehead atoms. The molecule has 0 aromatic carbocycles. The zero-order valence-electron chi connectivity index (χ0n) is 8.94. The normalized spacial score (nSPS) is 11.2. The number of imidazole rings is 1. The Balaban J connectivity index is 2.95. The van der Waals surface area contributed by atoms with E-state index in [1.54, 1.807) is 4.40 Å². The van der Waals surface area contributed by atoms with Gasteiger partial charge in [0, 0.05) is 5.92 Å². The second-order valence-corrected chi connectivity index (χ2v) is 4.54. The summed E-state index contributed by atoms with van der Waals surface area (Å²) in [6.45, 7) is 4.01. The van der Waals surface area contributed by atoms with Crippen molar-refractivity contribution in [1.29, 1.82) is 0 Å². The molecule has 16 heavy (non-hydrogen) atoms. The summed E-state index contributed by atoms with van der Waals surface area (Å²) in [7, 11) is 0. The molecule has 0 atom stereocenters. The van der Waals surface area contributed by atoms with Crippen LogP contribution in [-0.4, -0.2) is 20.7 Å². The number of aromatic nitrogens is 3. The number of fused-ring (bicyclic) bond motifs is 1. The van der Waals surface area contributed by atoms with Crippen molar-refractivity contribution in [3.05, 3.63) is 22.3 Å². The molecule has 0 spiro atoms. The molecule has 2 N–H and O–H groups in total. The molecule has 0 saturated carbocycles. The van der Waals surface area contributed by atoms with Crippen LogP contribution >= 0.6 is 15.9 Å². The van der Waals surface area contributed by atoms with Crippen LogP contribution in [0.15, 0.2) is 10.8 Å². The van der Waals surface area contributed by atoms with E-state index in [1.165, 1.54) is 6.20 Å². The Hall–Kier alpha value is -1.43. The topological polar surface area (TPSA) is 73.3 Å². The van der Waals surface area contributed by atoms with Crippen LogP contribution in [-0.2, 0) is 0 Å². The average molecular weight is 283 g/mol. The summed E-state index contributed by atoms with van der Waals surface area (Å²) in [5.41, 5.74) is 6.87. The monoisotopic (exact) mass is 282 g/mol. The Morgan fingerprint density at radius 1 is 1.56 bits per heavy atom. The van der Waals surface area contributed by atoms with Gasteiger partial charge in [0.2, 0.25) is 0 Å². The van der Waals surface area contributed by atoms with Crippen LogP contribution in [0.5, 0.6) is 0 Å². The molecule has 5 nitrogen and oxygen atoms in total. The maximum absolute atomic E-state index is 11.0. The van der Waals surface area contributed by atoms with E-state index in [-0.39, 0.29) is 5.92 Å². The summed E-state index contributed by atoms with van der Waals surface area (Å²) in [6.07, 6.45) is 2.20. The van der Waals surface area contributed by atoms with E-state index >= 15 is 0 Å². The van der Waals surface area contributed by atoms with E-state index in [4.69, 9.17) is 5.73 Å². The number of rotatable bonds is 2. The number of carbonyl (C=O) groups excluding carboxylic acids is 1. The molecule has 0 radical (unpaired) electrons. The number of nitrogens with two attached hydrogens (primary N) is 1. The Labute approximate surface area is 101 Å². The lowest BCUT2D eigenvalue weighted by molar-refractivity contribution is 0.111. The van der Waals surface area contributed by atoms with Crippen LogP contribution in [0, 0.1) is 0 Å². The number of nitrogen functional groups attached to an aromatic ring is 1. The van der Waals surface area contributed by atoms with Gasteiger partial charge in [0.1, 0.15) is 21.6 Å². The molecule has 2 rings (SSSR count). The number of nitrogens with zero attached hydrogens (tertiary/aromatic N) is 3. The van der Waals surface area contributed by atoms with Gasteiger partial charge in [-0.15, -0.1) is 0 Å². The van der Waals surface area contributed by atoms with Crippen LogP contribution in [0.4, 0.5) is 5.82 Å². The molecule has 0 fully saturated rings. The molecule has 0 aliphatic heterocycles. The van der Waals surface area contributed by atoms with Gasteiger partial charge in [-0.3, -0.25) is 9.20 Å². The van der Waals surface area contributed by atoms with Crippen LogP contribution in [0.25, 0.3) is 5.52 Å². The van der Waals surface area contributed by atoms with Gasteiger partial charge in [0.15, 0.2) is 12.1 Å². The van der Waals surface area contributed by atoms with Crippen molar-refractivity contribution < 1.29 is 4.79 Å². The Kier molecular flexibility index (Phi) is 2.67. The maximum Gasteiger partial charge on any atom is 0.168 e. The second-order valence-electron chi connectivity index (χ2n) is 3.79. The van der Waals surface area contributed by atoms with Crippen LogP contribution < -0.4 is 5.73 Å². The van der Waals surface area contributed by atoms with Gasteiger partial charge in [-0.2, -0.15) is 0 Å². The van der Waals surface area contributed by atoms with Gasteiger partial charge in [-0.1, -0.05) is 13.8 Å². The molecular weight excluding hydrogens is 272 g/mol. The molecule has 0 aliphatic rings. The van der Waals surface area contributed by atoms with Crippen molar-refractivity contribution in [2.45, 2.75) is 19.8 Å². The minimum atomic E-state index is 0.194. The largest absolute Gasteiger partial charge is 0.382 e. The van der Waals surface area contributed by atoms with E-state index in [0.717, 1.165) is 12.1 Å². The summed E-state index contributed by atoms with van der Waals surface area (Å²) in [5, 5.41) is 0. The lowest BCUT2D eigenvalue weighted by Crippen LogP contribution is -2.05. The highest BCUT2D eigenvalue weighted by Gasteiger charge is 2.17. The molecular formula is C10H11BrN4O. The highest BCUT2D eigenvalue weighted by Crippen LogP contribution is 2.27. The van der Waals surface area contributed by atoms with Gasteiger partial charge in [0.25, 0.3) is 0 Å². The van der Waals surface area contributed by atoms with Gasteiger partial charge in [-0.05, 0) is 15.9 Å². The molecule has 0 unspecified atom stereocenters. The van der Waals surface area contributed by atoms with Crippen molar-refractivity contribution in [3.8, 4) is 0 Å². The predicted molar refractivity (Wildman–Crippen MR) is 64.6 cm³/mol. The number of anilines is 1. The zero-order chi connectivity index (χ0) is 11.9. The number of halogens is 1. The number of carbonyl (C=O) groups is 1. The SMILES string of the molecule is CC(C)c1nc(Br)c2c(N)ncc(C=O)n12. The quantitative estimate of drug-likeness (QED) is 0.856. The fraction of sp³-hybridized carbons (Fsp3) is 0.300. The van der Waals surface area contributed by atoms with E-state index in [1.807, 2.05) is 13.8 Å². The maximum atomic E-state index is 11.0. The highest BCUT2D eigenvalue weighted by atomic mass is 79.9. The van der Waals surface area contributed by atoms with Crippen molar-refractivity contribution in [2.75, 3.05) is 5.73 Å². The van der Waals surface area contributed by atoms with E-state index in [9.17, 15) is 4.79 Å². The van der Waals surface area contributed by atoms with Gasteiger partial charge < -0.3 is 5.73 Å². The van der Waals surface area contributed by atoms with Crippen LogP contribution in [0.2, 0.25) is 0 Å². The summed E-state index contributed by atoms with van der Waals surface area (Å²) < 4.78 is 2.36. The Morgan fingerprint density at radius 2 is 2.25 bits per heavy atom. The van der Waals surface area contributed by atoms with Crippen molar-refractivity contribution in [2.24, 2.45) is 0 Å². The summed E-state index contributed by atoms with van der Waals surface area (Å²) in [5.74, 6) is 1.34. The second kappa shape index (κ2) is 3.86. The fourth-order valence-corrected chi connectivity index (χ4v) is 2.18. The molecule has 2 aromatic rings. The van der Waals surface area contributed by atoms with Crippen molar-refractivity contribution in [3.63, 3.8) is 0 Å². The first-order valence-electron chi connectivity index (χ1n) is 4.83. The first-order valence-corrected chi connectivity index (χ1v) is 5.63. The van der Waals surface area contributed by atoms with Crippen LogP contribution in [0.3, 0.4) is 0 Å². The van der Waals surface area contributed by atoms with Gasteiger partial charge in [0.05, 0.1) is 6.20 Å². The fourth-order valence-electron chi connectivity index (χ4n) is 1.62. The molecule has 0 saturated heterocycles. The molecule has 0 aliphatic carbocycles. The minimum absolute atomic E-state index is 0.194. The van der Waals surface area contributed by atoms with Crippen molar-refractivity contribution >= 4 is 33.6 Å². The third-order valence-electron chi connectivity index (χ3n) is 2.33. The highest BCUT2D eigenvalue weighted by molar-refractivity contribution is 9.10. The molecule has 6 heteroatoms. The molecule has 2 aromatic heterocycles. The third-order valence-corrected chi connectivity index (χ3v) is 2.89. The molecule has 84 valence electrons. The Bertz CT molecular complexity index is 561. The first kappa shape index (κ1) is 11.1. The van der Waals surface area contributed by atoms with E-state index in [2.05, 4.69) is 25.9 Å². The minimum Gasteiger partial charge on any atom is -0.382 e. The smallest absolute Gasteiger partial charge is 0.168 e. The standard InChI is InChI=1S/C10H11BrN4O/c1-5(2)10-14-8(11)7-9(12)13-3-6(4-16)15(7)10/h3-5H,1-2H3,(H2,12,13). The van der Waals surface area contributed by atoms with Crippen LogP contribution in [0.1, 0.15) is 36.1 Å². The number of hydrogen-bond acceptors (Lipinski definition) is 4. The Morgan fingerprint density at radius 3 is 2.81 bits per heavy atom. The zero-order valence-corrected chi connectivity index (χ0v) is 10.5. The predicted octanol–water partition coefficient (Wildman–Crippen LogP) is 2.01. The third kappa shape index (κ3) is 1.49. The number of aldehydes is 1. The lowest BCUT2D eigenvalue weighted by Gasteiger charge is -2.07. The van der Waals surface area contributed by atoms with Crippen molar-refractivity contribution in [1.82, 2.24) is 14.4 Å². The summed E-state index contributed by atoms with van der Waals surface area (Å²) >= 11 is 3.33. The summed E-state index contributed by atoms with van der Waals surface area (Å²) in [6, 6.07) is 0. The first-order chi connectivity index (χ1) is 7.56. The van der Waals surface area contributed by atoms with E-state index in [0.29, 0.717) is 21.6 Å². The van der Waals surface area contributed by atoms with Gasteiger partial charge in [-0.25, -0.2) is 9.97 Å². The average Bonchev–Trinajstić information content (AvgIpc) is 2.58. The molecule has 0 amide bonds.